The number of carbonyl (C=O) groups is 3. The van der Waals surface area contributed by atoms with E-state index >= 15 is 0 Å². The molecule has 0 unspecified atom stereocenters. The lowest BCUT2D eigenvalue weighted by molar-refractivity contribution is -0.168. The molecule has 0 spiro atoms. The van der Waals surface area contributed by atoms with Crippen molar-refractivity contribution in [3.05, 3.63) is 88.1 Å². The number of phenols is 1. The van der Waals surface area contributed by atoms with Crippen LogP contribution in [0.2, 0.25) is 0 Å². The number of nitrogens with zero attached hydrogens (tertiary/aromatic N) is 3. The van der Waals surface area contributed by atoms with E-state index in [1.165, 1.54) is 35.9 Å². The van der Waals surface area contributed by atoms with Gasteiger partial charge < -0.3 is 20.1 Å². The number of esters is 1. The van der Waals surface area contributed by atoms with Crippen molar-refractivity contribution in [2.45, 2.75) is 65.0 Å². The highest BCUT2D eigenvalue weighted by Crippen LogP contribution is 2.30. The molecular formula is C36H39FN4O5S. The van der Waals surface area contributed by atoms with Gasteiger partial charge in [-0.3, -0.25) is 14.4 Å². The smallest absolute Gasteiger partial charge is 0.313 e. The number of benzene rings is 2. The quantitative estimate of drug-likeness (QED) is 0.218. The molecule has 47 heavy (non-hydrogen) atoms. The first-order valence-electron chi connectivity index (χ1n) is 15.4. The fourth-order valence-electron chi connectivity index (χ4n) is 5.09. The molecule has 2 N–H and O–H groups in total. The van der Waals surface area contributed by atoms with Crippen molar-refractivity contribution in [3.8, 4) is 28.3 Å². The number of carbonyl (C=O) groups excluding carboxylic acids is 3. The van der Waals surface area contributed by atoms with Crippen molar-refractivity contribution in [1.29, 1.82) is 0 Å². The summed E-state index contributed by atoms with van der Waals surface area (Å²) in [5.74, 6) is -1.65. The number of halogens is 1. The van der Waals surface area contributed by atoms with Crippen molar-refractivity contribution in [2.24, 2.45) is 5.92 Å². The van der Waals surface area contributed by atoms with Gasteiger partial charge in [0.15, 0.2) is 5.82 Å². The van der Waals surface area contributed by atoms with E-state index in [0.717, 1.165) is 22.1 Å². The second kappa shape index (κ2) is 13.2. The Balaban J connectivity index is 1.30. The van der Waals surface area contributed by atoms with E-state index in [2.05, 4.69) is 36.1 Å². The number of amides is 2. The summed E-state index contributed by atoms with van der Waals surface area (Å²) in [4.78, 5) is 51.5. The lowest BCUT2D eigenvalue weighted by Gasteiger charge is -2.40. The van der Waals surface area contributed by atoms with Crippen LogP contribution in [0.25, 0.3) is 22.5 Å². The molecule has 4 aromatic rings. The molecule has 1 aliphatic rings. The third-order valence-electron chi connectivity index (χ3n) is 7.67. The van der Waals surface area contributed by atoms with Crippen LogP contribution < -0.4 is 5.32 Å². The van der Waals surface area contributed by atoms with Crippen LogP contribution in [-0.4, -0.2) is 62.5 Å². The van der Waals surface area contributed by atoms with Crippen LogP contribution in [-0.2, 0) is 26.2 Å². The van der Waals surface area contributed by atoms with E-state index < -0.39 is 23.4 Å². The molecular weight excluding hydrogens is 619 g/mol. The normalized spacial score (nSPS) is 14.3. The summed E-state index contributed by atoms with van der Waals surface area (Å²) in [5, 5.41) is 12.4. The largest absolute Gasteiger partial charge is 0.508 e. The summed E-state index contributed by atoms with van der Waals surface area (Å²) in [6.45, 7) is 12.1. The number of hydrogen-bond donors (Lipinski definition) is 2. The van der Waals surface area contributed by atoms with Crippen molar-refractivity contribution in [1.82, 2.24) is 20.2 Å². The SMILES string of the molecule is CC(C)(C)OC(=O)C1CN(C(=O)[C@H](Cc2ccc(-c3ncc(-c4ccc(O)cc4F)cn3)cc2)NC(=O)c2ccc(C(C)(C)C)s2)C1. The number of likely N-dealkylation sites (tertiary alicyclic amines) is 1. The van der Waals surface area contributed by atoms with Gasteiger partial charge >= 0.3 is 5.97 Å². The first kappa shape index (κ1) is 33.7. The summed E-state index contributed by atoms with van der Waals surface area (Å²) in [5.41, 5.74) is 1.55. The van der Waals surface area contributed by atoms with Crippen LogP contribution in [0.15, 0.2) is 67.0 Å². The zero-order valence-electron chi connectivity index (χ0n) is 27.3. The number of rotatable bonds is 8. The zero-order chi connectivity index (χ0) is 34.1. The van der Waals surface area contributed by atoms with Crippen molar-refractivity contribution in [3.63, 3.8) is 0 Å². The van der Waals surface area contributed by atoms with E-state index in [-0.39, 0.29) is 54.0 Å². The third kappa shape index (κ3) is 8.21. The van der Waals surface area contributed by atoms with Crippen LogP contribution in [0.1, 0.15) is 61.7 Å². The topological polar surface area (TPSA) is 122 Å². The Kier molecular flexibility index (Phi) is 9.49. The Morgan fingerprint density at radius 1 is 0.979 bits per heavy atom. The van der Waals surface area contributed by atoms with Crippen molar-refractivity contribution >= 4 is 29.1 Å². The Morgan fingerprint density at radius 2 is 1.64 bits per heavy atom. The van der Waals surface area contributed by atoms with Crippen molar-refractivity contribution in [2.75, 3.05) is 13.1 Å². The molecule has 11 heteroatoms. The van der Waals surface area contributed by atoms with E-state index in [4.69, 9.17) is 4.74 Å². The maximum Gasteiger partial charge on any atom is 0.313 e. The molecule has 246 valence electrons. The molecule has 0 saturated carbocycles. The highest BCUT2D eigenvalue weighted by molar-refractivity contribution is 7.14. The first-order valence-corrected chi connectivity index (χ1v) is 16.2. The highest BCUT2D eigenvalue weighted by Gasteiger charge is 2.41. The molecule has 9 nitrogen and oxygen atoms in total. The first-order chi connectivity index (χ1) is 22.1. The predicted octanol–water partition coefficient (Wildman–Crippen LogP) is 6.16. The molecule has 0 bridgehead atoms. The third-order valence-corrected chi connectivity index (χ3v) is 9.18. The number of nitrogens with one attached hydrogen (secondary N) is 1. The molecule has 1 fully saturated rings. The molecule has 0 aliphatic carbocycles. The van der Waals surface area contributed by atoms with E-state index in [9.17, 15) is 23.9 Å². The Hall–Kier alpha value is -4.64. The molecule has 2 amide bonds. The average Bonchev–Trinajstić information content (AvgIpc) is 3.47. The fourth-order valence-corrected chi connectivity index (χ4v) is 6.05. The van der Waals surface area contributed by atoms with Gasteiger partial charge in [-0.25, -0.2) is 14.4 Å². The maximum atomic E-state index is 14.3. The maximum absolute atomic E-state index is 14.3. The molecule has 1 atom stereocenters. The molecule has 2 aromatic heterocycles. The van der Waals surface area contributed by atoms with E-state index in [1.807, 2.05) is 30.3 Å². The number of aromatic nitrogens is 2. The monoisotopic (exact) mass is 658 g/mol. The summed E-state index contributed by atoms with van der Waals surface area (Å²) in [7, 11) is 0. The average molecular weight is 659 g/mol. The number of hydrogen-bond acceptors (Lipinski definition) is 8. The van der Waals surface area contributed by atoms with Crippen LogP contribution in [0.3, 0.4) is 0 Å². The Morgan fingerprint density at radius 3 is 2.21 bits per heavy atom. The second-order valence-corrected chi connectivity index (χ2v) is 14.9. The predicted molar refractivity (Wildman–Crippen MR) is 178 cm³/mol. The lowest BCUT2D eigenvalue weighted by Crippen LogP contribution is -2.59. The van der Waals surface area contributed by atoms with Gasteiger partial charge in [0.25, 0.3) is 5.91 Å². The Labute approximate surface area is 277 Å². The van der Waals surface area contributed by atoms with Crippen LogP contribution >= 0.6 is 11.3 Å². The minimum absolute atomic E-state index is 0.111. The van der Waals surface area contributed by atoms with Crippen molar-refractivity contribution < 1.29 is 28.6 Å². The van der Waals surface area contributed by atoms with Gasteiger partial charge in [-0.15, -0.1) is 11.3 Å². The van der Waals surface area contributed by atoms with Crippen LogP contribution in [0.5, 0.6) is 5.75 Å². The van der Waals surface area contributed by atoms with E-state index in [1.54, 1.807) is 31.7 Å². The number of aromatic hydroxyl groups is 1. The number of thiophene rings is 1. The van der Waals surface area contributed by atoms with E-state index in [0.29, 0.717) is 16.3 Å². The minimum Gasteiger partial charge on any atom is -0.508 e. The standard InChI is InChI=1S/C36H39FN4O5S/c1-35(2,3)30-14-13-29(47-30)32(43)40-28(33(44)41-19-24(20-41)34(45)46-36(4,5)6)15-21-7-9-22(10-8-21)31-38-17-23(18-39-31)26-12-11-25(42)16-27(26)37/h7-14,16-18,24,28,42H,15,19-20H2,1-6H3,(H,40,43)/t28-/m0/s1. The molecule has 2 aromatic carbocycles. The van der Waals surface area contributed by atoms with Gasteiger partial charge in [-0.05, 0) is 56.0 Å². The lowest BCUT2D eigenvalue weighted by atomic mass is 9.95. The molecule has 3 heterocycles. The van der Waals surface area contributed by atoms with Crippen LogP contribution in [0.4, 0.5) is 4.39 Å². The second-order valence-electron chi connectivity index (χ2n) is 13.8. The molecule has 5 rings (SSSR count). The van der Waals surface area contributed by atoms with Gasteiger partial charge in [0, 0.05) is 59.5 Å². The number of ether oxygens (including phenoxy) is 1. The molecule has 1 saturated heterocycles. The summed E-state index contributed by atoms with van der Waals surface area (Å²) < 4.78 is 19.8. The summed E-state index contributed by atoms with van der Waals surface area (Å²) >= 11 is 1.40. The molecule has 1 aliphatic heterocycles. The number of phenolic OH excluding ortho intramolecular Hbond substituents is 1. The van der Waals surface area contributed by atoms with Gasteiger partial charge in [0.05, 0.1) is 10.8 Å². The van der Waals surface area contributed by atoms with Gasteiger partial charge in [0.1, 0.15) is 23.2 Å². The Bertz CT molecular complexity index is 1770. The molecule has 0 radical (unpaired) electrons. The van der Waals surface area contributed by atoms with Gasteiger partial charge in [0.2, 0.25) is 5.91 Å². The summed E-state index contributed by atoms with van der Waals surface area (Å²) in [6, 6.07) is 14.1. The summed E-state index contributed by atoms with van der Waals surface area (Å²) in [6.07, 6.45) is 3.27. The highest BCUT2D eigenvalue weighted by atomic mass is 32.1. The minimum atomic E-state index is -0.858. The van der Waals surface area contributed by atoms with Gasteiger partial charge in [-0.1, -0.05) is 45.0 Å². The zero-order valence-corrected chi connectivity index (χ0v) is 28.2. The van der Waals surface area contributed by atoms with Crippen LogP contribution in [0, 0.1) is 11.7 Å². The van der Waals surface area contributed by atoms with Gasteiger partial charge in [-0.2, -0.15) is 0 Å². The fraction of sp³-hybridized carbons (Fsp3) is 0.361.